The molecule has 5 nitrogen and oxygen atoms in total. The molecule has 0 bridgehead atoms. The third kappa shape index (κ3) is 4.14. The predicted octanol–water partition coefficient (Wildman–Crippen LogP) is 3.58. The summed E-state index contributed by atoms with van der Waals surface area (Å²) in [5.74, 6) is 0.622. The molecule has 1 aliphatic rings. The van der Waals surface area contributed by atoms with Crippen LogP contribution in [-0.2, 0) is 0 Å². The van der Waals surface area contributed by atoms with E-state index >= 15 is 0 Å². The van der Waals surface area contributed by atoms with Crippen molar-refractivity contribution in [3.63, 3.8) is 0 Å². The number of aromatic nitrogens is 1. The van der Waals surface area contributed by atoms with Gasteiger partial charge < -0.3 is 10.6 Å². The van der Waals surface area contributed by atoms with Gasteiger partial charge in [-0.3, -0.25) is 9.69 Å². The van der Waals surface area contributed by atoms with Crippen LogP contribution in [0.15, 0.2) is 36.4 Å². The summed E-state index contributed by atoms with van der Waals surface area (Å²) < 4.78 is 0. The third-order valence-electron chi connectivity index (χ3n) is 5.48. The standard InChI is InChI=1S/C22H30N4O/c1-5-19-14-25(11-12-26(19)15(2)3)22(27)18-8-6-7-17(13-18)20-9-10-21(23)24-16(20)4/h6-10,13,15,19H,5,11-12,14H2,1-4H3,(H2,23,24). The second-order valence-electron chi connectivity index (χ2n) is 7.59. The molecule has 2 N–H and O–H groups in total. The van der Waals surface area contributed by atoms with Gasteiger partial charge in [0, 0.05) is 48.5 Å². The summed E-state index contributed by atoms with van der Waals surface area (Å²) in [4.78, 5) is 22.0. The van der Waals surface area contributed by atoms with E-state index in [1.54, 1.807) is 6.07 Å². The fourth-order valence-electron chi connectivity index (χ4n) is 3.99. The smallest absolute Gasteiger partial charge is 0.253 e. The number of nitrogens with two attached hydrogens (primary N) is 1. The van der Waals surface area contributed by atoms with Crippen molar-refractivity contribution in [3.8, 4) is 11.1 Å². The van der Waals surface area contributed by atoms with E-state index in [9.17, 15) is 4.79 Å². The van der Waals surface area contributed by atoms with Crippen LogP contribution in [0.25, 0.3) is 11.1 Å². The van der Waals surface area contributed by atoms with Crippen LogP contribution < -0.4 is 5.73 Å². The molecule has 1 saturated heterocycles. The first-order valence-electron chi connectivity index (χ1n) is 9.79. The maximum absolute atomic E-state index is 13.1. The lowest BCUT2D eigenvalue weighted by Crippen LogP contribution is -2.56. The number of carbonyl (C=O) groups excluding carboxylic acids is 1. The van der Waals surface area contributed by atoms with E-state index in [0.29, 0.717) is 17.9 Å². The molecule has 1 aromatic heterocycles. The fourth-order valence-corrected chi connectivity index (χ4v) is 3.99. The number of rotatable bonds is 4. The van der Waals surface area contributed by atoms with Crippen molar-refractivity contribution in [1.82, 2.24) is 14.8 Å². The van der Waals surface area contributed by atoms with Crippen molar-refractivity contribution in [3.05, 3.63) is 47.7 Å². The van der Waals surface area contributed by atoms with E-state index in [1.807, 2.05) is 42.2 Å². The Morgan fingerprint density at radius 1 is 1.26 bits per heavy atom. The number of hydrogen-bond acceptors (Lipinski definition) is 4. The van der Waals surface area contributed by atoms with Gasteiger partial charge in [0.05, 0.1) is 0 Å². The van der Waals surface area contributed by atoms with Gasteiger partial charge in [0.15, 0.2) is 0 Å². The first kappa shape index (κ1) is 19.4. The minimum Gasteiger partial charge on any atom is -0.384 e. The molecule has 0 aliphatic carbocycles. The van der Waals surface area contributed by atoms with Gasteiger partial charge in [0.25, 0.3) is 5.91 Å². The minimum absolute atomic E-state index is 0.111. The molecule has 1 unspecified atom stereocenters. The summed E-state index contributed by atoms with van der Waals surface area (Å²) in [6, 6.07) is 12.5. The van der Waals surface area contributed by atoms with E-state index in [2.05, 4.69) is 30.7 Å². The van der Waals surface area contributed by atoms with Gasteiger partial charge in [0.2, 0.25) is 0 Å². The Balaban J connectivity index is 1.82. The molecular weight excluding hydrogens is 336 g/mol. The van der Waals surface area contributed by atoms with Crippen LogP contribution in [0.1, 0.15) is 43.2 Å². The zero-order valence-corrected chi connectivity index (χ0v) is 16.8. The average molecular weight is 367 g/mol. The average Bonchev–Trinajstić information content (AvgIpc) is 2.66. The summed E-state index contributed by atoms with van der Waals surface area (Å²) in [7, 11) is 0. The second kappa shape index (κ2) is 8.09. The number of nitrogen functional groups attached to an aromatic ring is 1. The van der Waals surface area contributed by atoms with E-state index in [-0.39, 0.29) is 5.91 Å². The first-order chi connectivity index (χ1) is 12.9. The Bertz CT molecular complexity index is 818. The number of carbonyl (C=O) groups is 1. The highest BCUT2D eigenvalue weighted by Crippen LogP contribution is 2.25. The Hall–Kier alpha value is -2.40. The van der Waals surface area contributed by atoms with Gasteiger partial charge in [-0.15, -0.1) is 0 Å². The molecule has 5 heteroatoms. The van der Waals surface area contributed by atoms with Crippen LogP contribution in [0.5, 0.6) is 0 Å². The number of hydrogen-bond donors (Lipinski definition) is 1. The van der Waals surface area contributed by atoms with Crippen LogP contribution in [0.4, 0.5) is 5.82 Å². The Morgan fingerprint density at radius 2 is 2.04 bits per heavy atom. The van der Waals surface area contributed by atoms with Crippen molar-refractivity contribution < 1.29 is 4.79 Å². The molecule has 1 atom stereocenters. The van der Waals surface area contributed by atoms with E-state index < -0.39 is 0 Å². The molecule has 27 heavy (non-hydrogen) atoms. The monoisotopic (exact) mass is 366 g/mol. The maximum Gasteiger partial charge on any atom is 0.253 e. The molecule has 1 aromatic carbocycles. The zero-order chi connectivity index (χ0) is 19.6. The van der Waals surface area contributed by atoms with Crippen LogP contribution in [-0.4, -0.2) is 52.4 Å². The van der Waals surface area contributed by atoms with Gasteiger partial charge in [0.1, 0.15) is 5.82 Å². The van der Waals surface area contributed by atoms with Crippen molar-refractivity contribution in [2.24, 2.45) is 0 Å². The highest BCUT2D eigenvalue weighted by molar-refractivity contribution is 5.95. The maximum atomic E-state index is 13.1. The molecule has 2 heterocycles. The summed E-state index contributed by atoms with van der Waals surface area (Å²) in [6.07, 6.45) is 1.05. The molecule has 1 aliphatic heterocycles. The zero-order valence-electron chi connectivity index (χ0n) is 16.8. The molecule has 0 radical (unpaired) electrons. The SMILES string of the molecule is CCC1CN(C(=O)c2cccc(-c3ccc(N)nc3C)c2)CCN1C(C)C. The van der Waals surface area contributed by atoms with Gasteiger partial charge in [-0.25, -0.2) is 4.98 Å². The van der Waals surface area contributed by atoms with Crippen LogP contribution in [0, 0.1) is 6.92 Å². The number of nitrogens with zero attached hydrogens (tertiary/aromatic N) is 3. The lowest BCUT2D eigenvalue weighted by atomic mass is 10.0. The van der Waals surface area contributed by atoms with E-state index in [4.69, 9.17) is 5.73 Å². The highest BCUT2D eigenvalue weighted by atomic mass is 16.2. The molecular formula is C22H30N4O. The molecule has 3 rings (SSSR count). The molecule has 0 spiro atoms. The third-order valence-corrected chi connectivity index (χ3v) is 5.48. The van der Waals surface area contributed by atoms with Gasteiger partial charge in [-0.1, -0.05) is 19.1 Å². The van der Waals surface area contributed by atoms with Crippen molar-refractivity contribution in [1.29, 1.82) is 0 Å². The van der Waals surface area contributed by atoms with Gasteiger partial charge >= 0.3 is 0 Å². The van der Waals surface area contributed by atoms with Gasteiger partial charge in [-0.2, -0.15) is 0 Å². The summed E-state index contributed by atoms with van der Waals surface area (Å²) >= 11 is 0. The number of benzene rings is 1. The van der Waals surface area contributed by atoms with Crippen LogP contribution >= 0.6 is 0 Å². The highest BCUT2D eigenvalue weighted by Gasteiger charge is 2.30. The number of piperazine rings is 1. The number of aryl methyl sites for hydroxylation is 1. The molecule has 1 fully saturated rings. The van der Waals surface area contributed by atoms with E-state index in [1.165, 1.54) is 0 Å². The summed E-state index contributed by atoms with van der Waals surface area (Å²) in [5.41, 5.74) is 9.38. The quantitative estimate of drug-likeness (QED) is 0.898. The first-order valence-corrected chi connectivity index (χ1v) is 9.79. The molecule has 1 amide bonds. The van der Waals surface area contributed by atoms with Crippen molar-refractivity contribution >= 4 is 11.7 Å². The minimum atomic E-state index is 0.111. The second-order valence-corrected chi connectivity index (χ2v) is 7.59. The number of pyridine rings is 1. The summed E-state index contributed by atoms with van der Waals surface area (Å²) in [6.45, 7) is 11.1. The van der Waals surface area contributed by atoms with Crippen LogP contribution in [0.3, 0.4) is 0 Å². The summed E-state index contributed by atoms with van der Waals surface area (Å²) in [5, 5.41) is 0. The fraction of sp³-hybridized carbons (Fsp3) is 0.455. The Labute approximate surface area is 162 Å². The molecule has 144 valence electrons. The molecule has 2 aromatic rings. The normalized spacial score (nSPS) is 18.1. The molecule has 0 saturated carbocycles. The topological polar surface area (TPSA) is 62.5 Å². The number of anilines is 1. The lowest BCUT2D eigenvalue weighted by molar-refractivity contribution is 0.0371. The van der Waals surface area contributed by atoms with Crippen molar-refractivity contribution in [2.75, 3.05) is 25.4 Å². The predicted molar refractivity (Wildman–Crippen MR) is 111 cm³/mol. The van der Waals surface area contributed by atoms with Crippen LogP contribution in [0.2, 0.25) is 0 Å². The Morgan fingerprint density at radius 3 is 2.70 bits per heavy atom. The number of amides is 1. The lowest BCUT2D eigenvalue weighted by Gasteiger charge is -2.43. The van der Waals surface area contributed by atoms with E-state index in [0.717, 1.165) is 48.4 Å². The van der Waals surface area contributed by atoms with Gasteiger partial charge in [-0.05, 0) is 57.0 Å². The largest absolute Gasteiger partial charge is 0.384 e. The Kier molecular flexibility index (Phi) is 5.80. The van der Waals surface area contributed by atoms with Crippen molar-refractivity contribution in [2.45, 2.75) is 46.2 Å².